The first-order valence-corrected chi connectivity index (χ1v) is 6.78. The van der Waals surface area contributed by atoms with Gasteiger partial charge in [-0.1, -0.05) is 35.3 Å². The highest BCUT2D eigenvalue weighted by Gasteiger charge is 2.06. The van der Waals surface area contributed by atoms with Gasteiger partial charge in [0.2, 0.25) is 0 Å². The number of anilines is 1. The van der Waals surface area contributed by atoms with Crippen LogP contribution < -0.4 is 5.32 Å². The summed E-state index contributed by atoms with van der Waals surface area (Å²) in [5, 5.41) is 14.0. The third kappa shape index (κ3) is 3.10. The van der Waals surface area contributed by atoms with Crippen LogP contribution in [0.4, 0.5) is 5.69 Å². The molecule has 0 saturated heterocycles. The Labute approximate surface area is 124 Å². The summed E-state index contributed by atoms with van der Waals surface area (Å²) in [4.78, 5) is 0. The third-order valence-corrected chi connectivity index (χ3v) is 3.67. The van der Waals surface area contributed by atoms with Crippen molar-refractivity contribution in [2.24, 2.45) is 0 Å². The Bertz CT molecular complexity index is 575. The van der Waals surface area contributed by atoms with Crippen molar-refractivity contribution in [2.75, 3.05) is 5.32 Å². The Kier molecular flexibility index (Phi) is 4.38. The maximum atomic E-state index is 9.78. The predicted molar refractivity (Wildman–Crippen MR) is 79.6 cm³/mol. The van der Waals surface area contributed by atoms with Crippen LogP contribution in [0.2, 0.25) is 10.0 Å². The number of hydrogen-bond donors (Lipinski definition) is 2. The normalized spacial score (nSPS) is 10.4. The molecular weight excluding hydrogens is 337 g/mol. The fourth-order valence-electron chi connectivity index (χ4n) is 1.53. The molecule has 0 aliphatic heterocycles. The Balaban J connectivity index is 2.14. The predicted octanol–water partition coefficient (Wildman–Crippen LogP) is 5.07. The van der Waals surface area contributed by atoms with Gasteiger partial charge in [0.15, 0.2) is 0 Å². The first-order chi connectivity index (χ1) is 8.58. The van der Waals surface area contributed by atoms with Gasteiger partial charge in [-0.3, -0.25) is 0 Å². The van der Waals surface area contributed by atoms with Gasteiger partial charge in [-0.25, -0.2) is 0 Å². The number of aromatic hydroxyl groups is 1. The van der Waals surface area contributed by atoms with Gasteiger partial charge in [0.25, 0.3) is 0 Å². The van der Waals surface area contributed by atoms with E-state index in [1.165, 1.54) is 0 Å². The molecule has 0 fully saturated rings. The van der Waals surface area contributed by atoms with Crippen molar-refractivity contribution in [3.63, 3.8) is 0 Å². The fourth-order valence-corrected chi connectivity index (χ4v) is 2.54. The molecule has 2 aromatic rings. The van der Waals surface area contributed by atoms with Crippen LogP contribution >= 0.6 is 39.1 Å². The summed E-state index contributed by atoms with van der Waals surface area (Å²) in [5.74, 6) is 0.108. The highest BCUT2D eigenvalue weighted by atomic mass is 79.9. The Hall–Kier alpha value is -0.900. The molecule has 0 aliphatic rings. The molecule has 0 radical (unpaired) electrons. The summed E-state index contributed by atoms with van der Waals surface area (Å²) in [6.45, 7) is 0.479. The fraction of sp³-hybridized carbons (Fsp3) is 0.0769. The number of phenolic OH excluding ortho intramolecular Hbond substituents is 1. The number of rotatable bonds is 3. The molecule has 0 spiro atoms. The molecule has 0 amide bonds. The largest absolute Gasteiger partial charge is 0.506 e. The lowest BCUT2D eigenvalue weighted by molar-refractivity contribution is 0.469. The zero-order chi connectivity index (χ0) is 13.1. The second-order valence-electron chi connectivity index (χ2n) is 3.73. The van der Waals surface area contributed by atoms with Gasteiger partial charge in [-0.2, -0.15) is 0 Å². The number of para-hydroxylation sites is 1. The molecule has 5 heteroatoms. The van der Waals surface area contributed by atoms with Gasteiger partial charge in [-0.15, -0.1) is 0 Å². The average molecular weight is 347 g/mol. The van der Waals surface area contributed by atoms with E-state index in [1.54, 1.807) is 18.2 Å². The molecule has 94 valence electrons. The first-order valence-electron chi connectivity index (χ1n) is 5.23. The Morgan fingerprint density at radius 1 is 1.17 bits per heavy atom. The number of benzene rings is 2. The van der Waals surface area contributed by atoms with Crippen LogP contribution in [0.5, 0.6) is 5.75 Å². The maximum absolute atomic E-state index is 9.78. The van der Waals surface area contributed by atoms with Gasteiger partial charge in [0.1, 0.15) is 5.75 Å². The molecule has 0 unspecified atom stereocenters. The lowest BCUT2D eigenvalue weighted by Crippen LogP contribution is -2.00. The van der Waals surface area contributed by atoms with E-state index in [-0.39, 0.29) is 5.75 Å². The van der Waals surface area contributed by atoms with Crippen LogP contribution in [0.25, 0.3) is 0 Å². The molecule has 0 saturated carbocycles. The van der Waals surface area contributed by atoms with Gasteiger partial charge in [0, 0.05) is 27.3 Å². The summed E-state index contributed by atoms with van der Waals surface area (Å²) < 4.78 is 0.872. The minimum Gasteiger partial charge on any atom is -0.506 e. The van der Waals surface area contributed by atoms with Gasteiger partial charge in [0.05, 0.1) is 5.02 Å². The minimum absolute atomic E-state index is 0.108. The van der Waals surface area contributed by atoms with Crippen molar-refractivity contribution >= 4 is 44.8 Å². The Morgan fingerprint density at radius 3 is 2.67 bits per heavy atom. The van der Waals surface area contributed by atoms with Crippen LogP contribution in [-0.2, 0) is 6.54 Å². The van der Waals surface area contributed by atoms with Crippen molar-refractivity contribution in [3.8, 4) is 5.75 Å². The topological polar surface area (TPSA) is 32.3 Å². The standard InChI is InChI=1S/C13H10BrCl2NO/c14-10-6-9(15)4-5-12(10)17-7-8-2-1-3-11(16)13(8)18/h1-6,17-18H,7H2. The van der Waals surface area contributed by atoms with Crippen LogP contribution in [-0.4, -0.2) is 5.11 Å². The molecule has 2 nitrogen and oxygen atoms in total. The summed E-state index contributed by atoms with van der Waals surface area (Å²) in [6.07, 6.45) is 0. The molecule has 18 heavy (non-hydrogen) atoms. The summed E-state index contributed by atoms with van der Waals surface area (Å²) in [6, 6.07) is 10.7. The van der Waals surface area contributed by atoms with Crippen molar-refractivity contribution in [2.45, 2.75) is 6.54 Å². The molecule has 0 atom stereocenters. The molecule has 0 aliphatic carbocycles. The second kappa shape index (κ2) is 5.83. The lowest BCUT2D eigenvalue weighted by Gasteiger charge is -2.10. The third-order valence-electron chi connectivity index (χ3n) is 2.47. The highest BCUT2D eigenvalue weighted by Crippen LogP contribution is 2.29. The molecular formula is C13H10BrCl2NO. The van der Waals surface area contributed by atoms with E-state index in [0.717, 1.165) is 15.7 Å². The SMILES string of the molecule is Oc1c(Cl)cccc1CNc1ccc(Cl)cc1Br. The van der Waals surface area contributed by atoms with Crippen molar-refractivity contribution in [1.29, 1.82) is 0 Å². The zero-order valence-corrected chi connectivity index (χ0v) is 12.4. The monoisotopic (exact) mass is 345 g/mol. The van der Waals surface area contributed by atoms with Crippen LogP contribution in [0.15, 0.2) is 40.9 Å². The smallest absolute Gasteiger partial charge is 0.139 e. The van der Waals surface area contributed by atoms with Gasteiger partial charge in [-0.05, 0) is 40.2 Å². The number of hydrogen-bond acceptors (Lipinski definition) is 2. The highest BCUT2D eigenvalue weighted by molar-refractivity contribution is 9.10. The van der Waals surface area contributed by atoms with E-state index < -0.39 is 0 Å². The summed E-state index contributed by atoms with van der Waals surface area (Å²) >= 11 is 15.1. The quantitative estimate of drug-likeness (QED) is 0.812. The number of phenols is 1. The molecule has 0 heterocycles. The molecule has 2 rings (SSSR count). The van der Waals surface area contributed by atoms with Gasteiger partial charge < -0.3 is 10.4 Å². The first kappa shape index (κ1) is 13.5. The Morgan fingerprint density at radius 2 is 1.94 bits per heavy atom. The summed E-state index contributed by atoms with van der Waals surface area (Å²) in [7, 11) is 0. The van der Waals surface area contributed by atoms with Crippen LogP contribution in [0.1, 0.15) is 5.56 Å². The van der Waals surface area contributed by atoms with E-state index in [0.29, 0.717) is 16.6 Å². The van der Waals surface area contributed by atoms with Crippen LogP contribution in [0, 0.1) is 0 Å². The zero-order valence-electron chi connectivity index (χ0n) is 9.25. The average Bonchev–Trinajstić information content (AvgIpc) is 2.33. The van der Waals surface area contributed by atoms with E-state index in [2.05, 4.69) is 21.2 Å². The van der Waals surface area contributed by atoms with Crippen molar-refractivity contribution in [1.82, 2.24) is 0 Å². The van der Waals surface area contributed by atoms with E-state index in [4.69, 9.17) is 23.2 Å². The second-order valence-corrected chi connectivity index (χ2v) is 5.42. The van der Waals surface area contributed by atoms with E-state index in [1.807, 2.05) is 18.2 Å². The number of nitrogens with one attached hydrogen (secondary N) is 1. The molecule has 2 N–H and O–H groups in total. The van der Waals surface area contributed by atoms with E-state index >= 15 is 0 Å². The lowest BCUT2D eigenvalue weighted by atomic mass is 10.2. The van der Waals surface area contributed by atoms with E-state index in [9.17, 15) is 5.11 Å². The van der Waals surface area contributed by atoms with Gasteiger partial charge >= 0.3 is 0 Å². The maximum Gasteiger partial charge on any atom is 0.139 e. The minimum atomic E-state index is 0.108. The van der Waals surface area contributed by atoms with Crippen molar-refractivity contribution in [3.05, 3.63) is 56.5 Å². The van der Waals surface area contributed by atoms with Crippen molar-refractivity contribution < 1.29 is 5.11 Å². The molecule has 2 aromatic carbocycles. The number of halogens is 3. The summed E-state index contributed by atoms with van der Waals surface area (Å²) in [5.41, 5.74) is 1.64. The molecule has 0 bridgehead atoms. The van der Waals surface area contributed by atoms with Crippen LogP contribution in [0.3, 0.4) is 0 Å². The molecule has 0 aromatic heterocycles.